The van der Waals surface area contributed by atoms with Crippen LogP contribution in [0.3, 0.4) is 0 Å². The van der Waals surface area contributed by atoms with Gasteiger partial charge in [0.2, 0.25) is 0 Å². The van der Waals surface area contributed by atoms with Crippen molar-refractivity contribution in [2.45, 2.75) is 4.90 Å². The molecule has 4 heteroatoms. The summed E-state index contributed by atoms with van der Waals surface area (Å²) in [5.41, 5.74) is 5.48. The third-order valence-corrected chi connectivity index (χ3v) is 2.67. The van der Waals surface area contributed by atoms with Gasteiger partial charge in [0.05, 0.1) is 0 Å². The molecule has 0 spiro atoms. The normalized spacial score (nSPS) is 11.4. The predicted octanol–water partition coefficient (Wildman–Crippen LogP) is 1.31. The number of nitrogens with one attached hydrogen (secondary N) is 1. The van der Waals surface area contributed by atoms with Crippen LogP contribution < -0.4 is 11.1 Å². The first-order valence-electron chi connectivity index (χ1n) is 4.47. The number of aliphatic imine (C=N–C) groups is 1. The van der Waals surface area contributed by atoms with E-state index in [0.29, 0.717) is 5.96 Å². The van der Waals surface area contributed by atoms with Crippen LogP contribution in [0.15, 0.2) is 40.2 Å². The number of nitrogens with two attached hydrogens (primary N) is 1. The minimum Gasteiger partial charge on any atom is -0.370 e. The summed E-state index contributed by atoms with van der Waals surface area (Å²) in [6.07, 6.45) is 0. The molecule has 0 fully saturated rings. The molecular weight excluding hydrogens is 194 g/mol. The van der Waals surface area contributed by atoms with E-state index in [2.05, 4.69) is 22.4 Å². The summed E-state index contributed by atoms with van der Waals surface area (Å²) in [6, 6.07) is 10.3. The van der Waals surface area contributed by atoms with E-state index in [4.69, 9.17) is 5.73 Å². The maximum Gasteiger partial charge on any atom is 0.188 e. The van der Waals surface area contributed by atoms with E-state index in [1.54, 1.807) is 18.8 Å². The third-order valence-electron chi connectivity index (χ3n) is 1.66. The van der Waals surface area contributed by atoms with Crippen LogP contribution in [-0.4, -0.2) is 25.3 Å². The fourth-order valence-corrected chi connectivity index (χ4v) is 1.73. The SMILES string of the molecule is CN=C(N)NCCSc1ccccc1. The molecule has 1 aromatic carbocycles. The van der Waals surface area contributed by atoms with Gasteiger partial charge in [-0.1, -0.05) is 18.2 Å². The first-order chi connectivity index (χ1) is 6.83. The zero-order chi connectivity index (χ0) is 10.2. The molecule has 0 unspecified atom stereocenters. The Morgan fingerprint density at radius 2 is 2.14 bits per heavy atom. The van der Waals surface area contributed by atoms with Crippen LogP contribution in [0.4, 0.5) is 0 Å². The van der Waals surface area contributed by atoms with Gasteiger partial charge in [-0.3, -0.25) is 4.99 Å². The van der Waals surface area contributed by atoms with E-state index in [1.165, 1.54) is 4.90 Å². The second-order valence-corrected chi connectivity index (χ2v) is 3.87. The molecule has 0 atom stereocenters. The quantitative estimate of drug-likeness (QED) is 0.340. The van der Waals surface area contributed by atoms with E-state index in [1.807, 2.05) is 18.2 Å². The molecule has 76 valence electrons. The lowest BCUT2D eigenvalue weighted by Crippen LogP contribution is -2.32. The second-order valence-electron chi connectivity index (χ2n) is 2.70. The Hall–Kier alpha value is -1.16. The highest BCUT2D eigenvalue weighted by atomic mass is 32.2. The molecule has 0 bridgehead atoms. The Balaban J connectivity index is 2.17. The summed E-state index contributed by atoms with van der Waals surface area (Å²) < 4.78 is 0. The molecule has 3 nitrogen and oxygen atoms in total. The van der Waals surface area contributed by atoms with Gasteiger partial charge in [0, 0.05) is 24.2 Å². The molecule has 0 aromatic heterocycles. The van der Waals surface area contributed by atoms with E-state index in [9.17, 15) is 0 Å². The van der Waals surface area contributed by atoms with Gasteiger partial charge in [-0.05, 0) is 12.1 Å². The average Bonchev–Trinajstić information content (AvgIpc) is 2.25. The molecule has 0 saturated heterocycles. The summed E-state index contributed by atoms with van der Waals surface area (Å²) in [4.78, 5) is 5.09. The smallest absolute Gasteiger partial charge is 0.188 e. The monoisotopic (exact) mass is 209 g/mol. The van der Waals surface area contributed by atoms with Crippen molar-refractivity contribution in [1.29, 1.82) is 0 Å². The van der Waals surface area contributed by atoms with Crippen LogP contribution in [0.2, 0.25) is 0 Å². The van der Waals surface area contributed by atoms with Crippen molar-refractivity contribution in [3.63, 3.8) is 0 Å². The second kappa shape index (κ2) is 6.32. The molecular formula is C10H15N3S. The first kappa shape index (κ1) is 10.9. The molecule has 0 saturated carbocycles. The summed E-state index contributed by atoms with van der Waals surface area (Å²) >= 11 is 1.80. The van der Waals surface area contributed by atoms with Gasteiger partial charge < -0.3 is 11.1 Å². The number of hydrogen-bond acceptors (Lipinski definition) is 2. The van der Waals surface area contributed by atoms with E-state index in [0.717, 1.165) is 12.3 Å². The summed E-state index contributed by atoms with van der Waals surface area (Å²) in [5, 5.41) is 3.01. The molecule has 1 aromatic rings. The van der Waals surface area contributed by atoms with Crippen molar-refractivity contribution in [2.24, 2.45) is 10.7 Å². The highest BCUT2D eigenvalue weighted by Crippen LogP contribution is 2.15. The molecule has 1 rings (SSSR count). The van der Waals surface area contributed by atoms with E-state index < -0.39 is 0 Å². The highest BCUT2D eigenvalue weighted by Gasteiger charge is 1.92. The molecule has 0 aliphatic carbocycles. The maximum atomic E-state index is 5.48. The third kappa shape index (κ3) is 4.18. The summed E-state index contributed by atoms with van der Waals surface area (Å²) in [5.74, 6) is 1.49. The van der Waals surface area contributed by atoms with Crippen LogP contribution in [-0.2, 0) is 0 Å². The Morgan fingerprint density at radius 3 is 2.79 bits per heavy atom. The number of nitrogens with zero attached hydrogens (tertiary/aromatic N) is 1. The largest absolute Gasteiger partial charge is 0.370 e. The molecule has 0 aliphatic heterocycles. The first-order valence-corrected chi connectivity index (χ1v) is 5.45. The lowest BCUT2D eigenvalue weighted by Gasteiger charge is -2.04. The van der Waals surface area contributed by atoms with Crippen molar-refractivity contribution in [3.8, 4) is 0 Å². The van der Waals surface area contributed by atoms with Crippen molar-refractivity contribution in [2.75, 3.05) is 19.3 Å². The Kier molecular flexibility index (Phi) is 4.93. The minimum absolute atomic E-state index is 0.499. The number of guanidine groups is 1. The van der Waals surface area contributed by atoms with Gasteiger partial charge in [0.15, 0.2) is 5.96 Å². The van der Waals surface area contributed by atoms with Gasteiger partial charge in [-0.15, -0.1) is 11.8 Å². The van der Waals surface area contributed by atoms with Gasteiger partial charge in [0.1, 0.15) is 0 Å². The summed E-state index contributed by atoms with van der Waals surface area (Å²) in [7, 11) is 1.67. The van der Waals surface area contributed by atoms with E-state index >= 15 is 0 Å². The Bertz CT molecular complexity index is 285. The van der Waals surface area contributed by atoms with Gasteiger partial charge in [0.25, 0.3) is 0 Å². The number of rotatable bonds is 4. The minimum atomic E-state index is 0.499. The van der Waals surface area contributed by atoms with Crippen LogP contribution in [0.1, 0.15) is 0 Å². The maximum absolute atomic E-state index is 5.48. The average molecular weight is 209 g/mol. The number of benzene rings is 1. The number of hydrogen-bond donors (Lipinski definition) is 2. The van der Waals surface area contributed by atoms with Gasteiger partial charge in [-0.2, -0.15) is 0 Å². The van der Waals surface area contributed by atoms with Gasteiger partial charge in [-0.25, -0.2) is 0 Å². The molecule has 0 amide bonds. The Morgan fingerprint density at radius 1 is 1.43 bits per heavy atom. The van der Waals surface area contributed by atoms with Crippen molar-refractivity contribution in [3.05, 3.63) is 30.3 Å². The zero-order valence-corrected chi connectivity index (χ0v) is 9.05. The highest BCUT2D eigenvalue weighted by molar-refractivity contribution is 7.99. The lowest BCUT2D eigenvalue weighted by atomic mass is 10.4. The van der Waals surface area contributed by atoms with Crippen LogP contribution in [0.5, 0.6) is 0 Å². The molecule has 0 heterocycles. The van der Waals surface area contributed by atoms with Crippen molar-refractivity contribution in [1.82, 2.24) is 5.32 Å². The van der Waals surface area contributed by atoms with Crippen LogP contribution in [0.25, 0.3) is 0 Å². The summed E-state index contributed by atoms with van der Waals surface area (Å²) in [6.45, 7) is 0.836. The molecule has 0 aliphatic rings. The topological polar surface area (TPSA) is 50.4 Å². The van der Waals surface area contributed by atoms with Crippen molar-refractivity contribution >= 4 is 17.7 Å². The zero-order valence-electron chi connectivity index (χ0n) is 8.23. The standard InChI is InChI=1S/C10H15N3S/c1-12-10(11)13-7-8-14-9-5-3-2-4-6-9/h2-6H,7-8H2,1H3,(H3,11,12,13). The predicted molar refractivity (Wildman–Crippen MR) is 62.7 cm³/mol. The molecule has 3 N–H and O–H groups in total. The van der Waals surface area contributed by atoms with Crippen molar-refractivity contribution < 1.29 is 0 Å². The Labute approximate surface area is 88.8 Å². The van der Waals surface area contributed by atoms with Crippen LogP contribution in [0, 0.1) is 0 Å². The van der Waals surface area contributed by atoms with Gasteiger partial charge >= 0.3 is 0 Å². The van der Waals surface area contributed by atoms with Crippen LogP contribution >= 0.6 is 11.8 Å². The molecule has 0 radical (unpaired) electrons. The van der Waals surface area contributed by atoms with E-state index in [-0.39, 0.29) is 0 Å². The molecule has 14 heavy (non-hydrogen) atoms. The fraction of sp³-hybridized carbons (Fsp3) is 0.300. The fourth-order valence-electron chi connectivity index (χ4n) is 0.944. The number of thioether (sulfide) groups is 1. The lowest BCUT2D eigenvalue weighted by molar-refractivity contribution is 0.959.